The standard InChI is InChI=1S/C23H27N3O2/c27-22-23(9-12-25(13-10-23)16-19-5-3-4-11-24-19)20-6-1-2-7-21(20)26(22)15-18-8-14-28-17-18/h1-7,11,18H,8-10,12-17H2. The van der Waals surface area contributed by atoms with E-state index in [4.69, 9.17) is 4.74 Å². The zero-order valence-electron chi connectivity index (χ0n) is 16.2. The molecule has 3 aliphatic heterocycles. The van der Waals surface area contributed by atoms with Gasteiger partial charge in [0, 0.05) is 37.5 Å². The van der Waals surface area contributed by atoms with Gasteiger partial charge in [0.1, 0.15) is 0 Å². The summed E-state index contributed by atoms with van der Waals surface area (Å²) in [7, 11) is 0. The quantitative estimate of drug-likeness (QED) is 0.822. The fourth-order valence-corrected chi connectivity index (χ4v) is 5.06. The van der Waals surface area contributed by atoms with Crippen molar-refractivity contribution in [3.63, 3.8) is 0 Å². The van der Waals surface area contributed by atoms with Crippen LogP contribution in [0.4, 0.5) is 5.69 Å². The van der Waals surface area contributed by atoms with Gasteiger partial charge < -0.3 is 9.64 Å². The molecule has 1 spiro atoms. The van der Waals surface area contributed by atoms with E-state index in [2.05, 4.69) is 45.1 Å². The van der Waals surface area contributed by atoms with Crippen molar-refractivity contribution < 1.29 is 9.53 Å². The topological polar surface area (TPSA) is 45.7 Å². The van der Waals surface area contributed by atoms with E-state index in [0.717, 1.165) is 70.0 Å². The second kappa shape index (κ2) is 7.30. The Bertz CT molecular complexity index is 840. The lowest BCUT2D eigenvalue weighted by molar-refractivity contribution is -0.125. The van der Waals surface area contributed by atoms with Gasteiger partial charge in [-0.05, 0) is 56.1 Å². The number of nitrogens with zero attached hydrogens (tertiary/aromatic N) is 3. The first-order chi connectivity index (χ1) is 13.8. The third kappa shape index (κ3) is 3.03. The summed E-state index contributed by atoms with van der Waals surface area (Å²) in [5.41, 5.74) is 3.10. The molecular formula is C23H27N3O2. The van der Waals surface area contributed by atoms with Crippen LogP contribution in [0, 0.1) is 5.92 Å². The minimum Gasteiger partial charge on any atom is -0.381 e. The number of rotatable bonds is 4. The number of ether oxygens (including phenoxy) is 1. The van der Waals surface area contributed by atoms with E-state index in [9.17, 15) is 4.79 Å². The number of piperidine rings is 1. The predicted octanol–water partition coefficient (Wildman–Crippen LogP) is 3.00. The molecule has 0 N–H and O–H groups in total. The van der Waals surface area contributed by atoms with Gasteiger partial charge in [-0.15, -0.1) is 0 Å². The zero-order chi connectivity index (χ0) is 19.0. The van der Waals surface area contributed by atoms with Crippen LogP contribution in [0.15, 0.2) is 48.7 Å². The van der Waals surface area contributed by atoms with Gasteiger partial charge in [-0.3, -0.25) is 14.7 Å². The Labute approximate surface area is 166 Å². The van der Waals surface area contributed by atoms with Gasteiger partial charge in [0.25, 0.3) is 0 Å². The van der Waals surface area contributed by atoms with Crippen molar-refractivity contribution in [1.29, 1.82) is 0 Å². The van der Waals surface area contributed by atoms with Crippen LogP contribution in [0.5, 0.6) is 0 Å². The molecule has 0 saturated carbocycles. The van der Waals surface area contributed by atoms with Gasteiger partial charge in [0.2, 0.25) is 5.91 Å². The fraction of sp³-hybridized carbons (Fsp3) is 0.478. The van der Waals surface area contributed by atoms with Crippen LogP contribution in [0.25, 0.3) is 0 Å². The second-order valence-corrected chi connectivity index (χ2v) is 8.34. The molecule has 1 aromatic carbocycles. The Balaban J connectivity index is 1.35. The summed E-state index contributed by atoms with van der Waals surface area (Å²) in [6.07, 6.45) is 4.67. The lowest BCUT2D eigenvalue weighted by atomic mass is 9.73. The minimum atomic E-state index is -0.351. The fourth-order valence-electron chi connectivity index (χ4n) is 5.06. The molecule has 0 aliphatic carbocycles. The van der Waals surface area contributed by atoms with Crippen LogP contribution < -0.4 is 4.90 Å². The molecular weight excluding hydrogens is 350 g/mol. The number of fused-ring (bicyclic) bond motifs is 2. The van der Waals surface area contributed by atoms with Gasteiger partial charge in [0.15, 0.2) is 0 Å². The summed E-state index contributed by atoms with van der Waals surface area (Å²) in [4.78, 5) is 22.6. The van der Waals surface area contributed by atoms with Crippen LogP contribution in [0.2, 0.25) is 0 Å². The number of hydrogen-bond donors (Lipinski definition) is 0. The largest absolute Gasteiger partial charge is 0.381 e. The molecule has 1 amide bonds. The van der Waals surface area contributed by atoms with Crippen LogP contribution in [0.3, 0.4) is 0 Å². The SMILES string of the molecule is O=C1N(CC2CCOC2)c2ccccc2C12CCN(Cc1ccccn1)CC2. The minimum absolute atomic E-state index is 0.304. The third-order valence-corrected chi connectivity index (χ3v) is 6.65. The Morgan fingerprint density at radius 1 is 1.11 bits per heavy atom. The smallest absolute Gasteiger partial charge is 0.237 e. The van der Waals surface area contributed by atoms with Crippen molar-refractivity contribution >= 4 is 11.6 Å². The number of benzene rings is 1. The summed E-state index contributed by atoms with van der Waals surface area (Å²) in [5, 5.41) is 0. The molecule has 2 saturated heterocycles. The number of carbonyl (C=O) groups excluding carboxylic acids is 1. The molecule has 1 aromatic heterocycles. The Hall–Kier alpha value is -2.24. The number of para-hydroxylation sites is 1. The molecule has 1 atom stereocenters. The van der Waals surface area contributed by atoms with Gasteiger partial charge in [-0.1, -0.05) is 24.3 Å². The number of hydrogen-bond acceptors (Lipinski definition) is 4. The van der Waals surface area contributed by atoms with E-state index in [1.54, 1.807) is 0 Å². The van der Waals surface area contributed by atoms with Gasteiger partial charge in [-0.2, -0.15) is 0 Å². The van der Waals surface area contributed by atoms with E-state index in [0.29, 0.717) is 11.8 Å². The highest BCUT2D eigenvalue weighted by Gasteiger charge is 2.52. The molecule has 2 aromatic rings. The van der Waals surface area contributed by atoms with Crippen LogP contribution in [-0.2, 0) is 21.5 Å². The molecule has 4 heterocycles. The maximum absolute atomic E-state index is 13.6. The van der Waals surface area contributed by atoms with Crippen molar-refractivity contribution in [2.75, 3.05) is 37.7 Å². The number of likely N-dealkylation sites (tertiary alicyclic amines) is 1. The van der Waals surface area contributed by atoms with Crippen molar-refractivity contribution in [2.45, 2.75) is 31.2 Å². The zero-order valence-corrected chi connectivity index (χ0v) is 16.2. The van der Waals surface area contributed by atoms with E-state index >= 15 is 0 Å². The average Bonchev–Trinajstić information content (AvgIpc) is 3.33. The second-order valence-electron chi connectivity index (χ2n) is 8.34. The number of amides is 1. The van der Waals surface area contributed by atoms with Gasteiger partial charge in [-0.25, -0.2) is 0 Å². The number of anilines is 1. The highest BCUT2D eigenvalue weighted by molar-refractivity contribution is 6.08. The molecule has 0 radical (unpaired) electrons. The van der Waals surface area contributed by atoms with E-state index in [1.165, 1.54) is 5.56 Å². The van der Waals surface area contributed by atoms with Crippen LogP contribution in [-0.4, -0.2) is 48.6 Å². The van der Waals surface area contributed by atoms with Crippen LogP contribution >= 0.6 is 0 Å². The van der Waals surface area contributed by atoms with Gasteiger partial charge >= 0.3 is 0 Å². The molecule has 5 heteroatoms. The number of carbonyl (C=O) groups is 1. The summed E-state index contributed by atoms with van der Waals surface area (Å²) in [6, 6.07) is 14.5. The first-order valence-corrected chi connectivity index (χ1v) is 10.4. The number of pyridine rings is 1. The van der Waals surface area contributed by atoms with E-state index in [1.807, 2.05) is 18.3 Å². The normalized spacial score (nSPS) is 24.1. The average molecular weight is 377 g/mol. The predicted molar refractivity (Wildman–Crippen MR) is 108 cm³/mol. The summed E-state index contributed by atoms with van der Waals surface area (Å²) < 4.78 is 5.55. The Kier molecular flexibility index (Phi) is 4.65. The summed E-state index contributed by atoms with van der Waals surface area (Å²) >= 11 is 0. The highest BCUT2D eigenvalue weighted by Crippen LogP contribution is 2.48. The Morgan fingerprint density at radius 3 is 2.68 bits per heavy atom. The number of aromatic nitrogens is 1. The van der Waals surface area contributed by atoms with Crippen molar-refractivity contribution in [3.8, 4) is 0 Å². The molecule has 2 fully saturated rings. The molecule has 5 nitrogen and oxygen atoms in total. The summed E-state index contributed by atoms with van der Waals surface area (Å²) in [5.74, 6) is 0.759. The molecule has 3 aliphatic rings. The van der Waals surface area contributed by atoms with E-state index < -0.39 is 0 Å². The lowest BCUT2D eigenvalue weighted by Gasteiger charge is -2.38. The maximum atomic E-state index is 13.6. The van der Waals surface area contributed by atoms with E-state index in [-0.39, 0.29) is 5.41 Å². The third-order valence-electron chi connectivity index (χ3n) is 6.65. The molecule has 0 bridgehead atoms. The Morgan fingerprint density at radius 2 is 1.93 bits per heavy atom. The lowest BCUT2D eigenvalue weighted by Crippen LogP contribution is -2.49. The molecule has 146 valence electrons. The monoisotopic (exact) mass is 377 g/mol. The molecule has 28 heavy (non-hydrogen) atoms. The first-order valence-electron chi connectivity index (χ1n) is 10.4. The van der Waals surface area contributed by atoms with Crippen molar-refractivity contribution in [2.24, 2.45) is 5.92 Å². The first kappa shape index (κ1) is 17.8. The van der Waals surface area contributed by atoms with Crippen molar-refractivity contribution in [3.05, 3.63) is 59.9 Å². The van der Waals surface area contributed by atoms with Crippen LogP contribution in [0.1, 0.15) is 30.5 Å². The van der Waals surface area contributed by atoms with Crippen molar-refractivity contribution in [1.82, 2.24) is 9.88 Å². The van der Waals surface area contributed by atoms with Gasteiger partial charge in [0.05, 0.1) is 17.7 Å². The summed E-state index contributed by atoms with van der Waals surface area (Å²) in [6.45, 7) is 5.10. The maximum Gasteiger partial charge on any atom is 0.237 e. The highest BCUT2D eigenvalue weighted by atomic mass is 16.5. The molecule has 5 rings (SSSR count). The molecule has 1 unspecified atom stereocenters.